The van der Waals surface area contributed by atoms with Gasteiger partial charge in [0.15, 0.2) is 0 Å². The van der Waals surface area contributed by atoms with Gasteiger partial charge in [0.05, 0.1) is 12.7 Å². The van der Waals surface area contributed by atoms with Crippen molar-refractivity contribution in [2.24, 2.45) is 0 Å². The predicted molar refractivity (Wildman–Crippen MR) is 71.8 cm³/mol. The lowest BCUT2D eigenvalue weighted by Gasteiger charge is -2.30. The highest BCUT2D eigenvalue weighted by Crippen LogP contribution is 2.13. The molecule has 1 fully saturated rings. The van der Waals surface area contributed by atoms with E-state index in [1.165, 1.54) is 5.56 Å². The summed E-state index contributed by atoms with van der Waals surface area (Å²) in [6, 6.07) is 0. The van der Waals surface area contributed by atoms with Gasteiger partial charge in [-0.15, -0.1) is 0 Å². The van der Waals surface area contributed by atoms with Gasteiger partial charge in [-0.3, -0.25) is 0 Å². The van der Waals surface area contributed by atoms with Gasteiger partial charge in [0.2, 0.25) is 0 Å². The fourth-order valence-corrected chi connectivity index (χ4v) is 2.17. The molecule has 0 amide bonds. The van der Waals surface area contributed by atoms with E-state index in [4.69, 9.17) is 4.74 Å². The Labute approximate surface area is 109 Å². The third-order valence-electron chi connectivity index (χ3n) is 3.15. The van der Waals surface area contributed by atoms with E-state index in [1.807, 2.05) is 6.20 Å². The quantitative estimate of drug-likeness (QED) is 0.850. The average molecular weight is 250 g/mol. The maximum absolute atomic E-state index is 5.72. The fraction of sp³-hybridized carbons (Fsp3) is 0.692. The minimum atomic E-state index is 0.244. The van der Waals surface area contributed by atoms with Crippen LogP contribution in [-0.4, -0.2) is 54.3 Å². The van der Waals surface area contributed by atoms with E-state index in [2.05, 4.69) is 34.2 Å². The van der Waals surface area contributed by atoms with Crippen LogP contribution in [0.2, 0.25) is 0 Å². The summed E-state index contributed by atoms with van der Waals surface area (Å²) >= 11 is 0. The second-order valence-electron chi connectivity index (χ2n) is 4.78. The number of ether oxygens (including phenoxy) is 1. The standard InChI is InChI=1S/C13H22N4O/c1-3-4-11-7-14-10-16-13(11)15-8-12-9-17(2)5-6-18-12/h7,10,12H,3-6,8-9H2,1-2H3,(H,14,15,16)/t12-/m0/s1. The van der Waals surface area contributed by atoms with Crippen LogP contribution in [0.3, 0.4) is 0 Å². The highest BCUT2D eigenvalue weighted by molar-refractivity contribution is 5.42. The molecule has 0 aliphatic carbocycles. The molecule has 1 aromatic heterocycles. The minimum Gasteiger partial charge on any atom is -0.374 e. The lowest BCUT2D eigenvalue weighted by molar-refractivity contribution is -0.0117. The number of rotatable bonds is 5. The van der Waals surface area contributed by atoms with Crippen molar-refractivity contribution in [1.82, 2.24) is 14.9 Å². The number of morpholine rings is 1. The van der Waals surface area contributed by atoms with Crippen molar-refractivity contribution in [2.75, 3.05) is 38.6 Å². The number of nitrogens with zero attached hydrogens (tertiary/aromatic N) is 3. The molecule has 1 aliphatic rings. The molecule has 0 bridgehead atoms. The maximum Gasteiger partial charge on any atom is 0.132 e. The van der Waals surface area contributed by atoms with Gasteiger partial charge >= 0.3 is 0 Å². The molecule has 0 spiro atoms. The van der Waals surface area contributed by atoms with Crippen molar-refractivity contribution < 1.29 is 4.74 Å². The zero-order chi connectivity index (χ0) is 12.8. The first kappa shape index (κ1) is 13.2. The number of anilines is 1. The molecule has 1 atom stereocenters. The van der Waals surface area contributed by atoms with Crippen molar-refractivity contribution in [3.05, 3.63) is 18.1 Å². The molecule has 0 radical (unpaired) electrons. The number of likely N-dealkylation sites (N-methyl/N-ethyl adjacent to an activating group) is 1. The smallest absolute Gasteiger partial charge is 0.132 e. The largest absolute Gasteiger partial charge is 0.374 e. The van der Waals surface area contributed by atoms with E-state index in [9.17, 15) is 0 Å². The average Bonchev–Trinajstić information content (AvgIpc) is 2.38. The summed E-state index contributed by atoms with van der Waals surface area (Å²) in [5.41, 5.74) is 1.18. The SMILES string of the molecule is CCCc1cncnc1NC[C@H]1CN(C)CCO1. The van der Waals surface area contributed by atoms with E-state index < -0.39 is 0 Å². The molecule has 5 nitrogen and oxygen atoms in total. The van der Waals surface area contributed by atoms with Crippen molar-refractivity contribution in [3.8, 4) is 0 Å². The van der Waals surface area contributed by atoms with Crippen molar-refractivity contribution in [3.63, 3.8) is 0 Å². The van der Waals surface area contributed by atoms with Crippen LogP contribution < -0.4 is 5.32 Å². The molecule has 2 heterocycles. The van der Waals surface area contributed by atoms with Crippen LogP contribution in [-0.2, 0) is 11.2 Å². The van der Waals surface area contributed by atoms with Crippen LogP contribution in [0.15, 0.2) is 12.5 Å². The fourth-order valence-electron chi connectivity index (χ4n) is 2.17. The zero-order valence-corrected chi connectivity index (χ0v) is 11.2. The second kappa shape index (κ2) is 6.66. The van der Waals surface area contributed by atoms with Gasteiger partial charge in [-0.2, -0.15) is 0 Å². The molecule has 2 rings (SSSR count). The lowest BCUT2D eigenvalue weighted by Crippen LogP contribution is -2.43. The summed E-state index contributed by atoms with van der Waals surface area (Å²) in [4.78, 5) is 10.7. The first-order chi connectivity index (χ1) is 8.79. The third-order valence-corrected chi connectivity index (χ3v) is 3.15. The van der Waals surface area contributed by atoms with E-state index in [0.29, 0.717) is 0 Å². The number of aromatic nitrogens is 2. The highest BCUT2D eigenvalue weighted by Gasteiger charge is 2.17. The highest BCUT2D eigenvalue weighted by atomic mass is 16.5. The predicted octanol–water partition coefficient (Wildman–Crippen LogP) is 1.17. The number of hydrogen-bond donors (Lipinski definition) is 1. The second-order valence-corrected chi connectivity index (χ2v) is 4.78. The molecule has 0 aromatic carbocycles. The Morgan fingerprint density at radius 2 is 2.44 bits per heavy atom. The number of nitrogens with one attached hydrogen (secondary N) is 1. The molecular formula is C13H22N4O. The normalized spacial score (nSPS) is 20.9. The molecule has 1 saturated heterocycles. The van der Waals surface area contributed by atoms with Gasteiger partial charge in [-0.1, -0.05) is 13.3 Å². The summed E-state index contributed by atoms with van der Waals surface area (Å²) in [6.45, 7) is 5.77. The molecule has 18 heavy (non-hydrogen) atoms. The van der Waals surface area contributed by atoms with Crippen LogP contribution >= 0.6 is 0 Å². The Bertz CT molecular complexity index is 372. The summed E-state index contributed by atoms with van der Waals surface area (Å²) in [7, 11) is 2.13. The van der Waals surface area contributed by atoms with Crippen molar-refractivity contribution >= 4 is 5.82 Å². The van der Waals surface area contributed by atoms with Gasteiger partial charge in [0, 0.05) is 31.4 Å². The molecule has 5 heteroatoms. The Morgan fingerprint density at radius 1 is 1.56 bits per heavy atom. The topological polar surface area (TPSA) is 50.3 Å². The Morgan fingerprint density at radius 3 is 3.22 bits per heavy atom. The van der Waals surface area contributed by atoms with E-state index in [1.54, 1.807) is 6.33 Å². The van der Waals surface area contributed by atoms with Crippen LogP contribution in [0.4, 0.5) is 5.82 Å². The number of aryl methyl sites for hydroxylation is 1. The molecule has 0 unspecified atom stereocenters. The summed E-state index contributed by atoms with van der Waals surface area (Å²) < 4.78 is 5.72. The van der Waals surface area contributed by atoms with E-state index in [0.717, 1.165) is 44.9 Å². The molecule has 1 aromatic rings. The molecule has 1 N–H and O–H groups in total. The van der Waals surface area contributed by atoms with Crippen molar-refractivity contribution in [2.45, 2.75) is 25.9 Å². The van der Waals surface area contributed by atoms with E-state index >= 15 is 0 Å². The molecule has 100 valence electrons. The number of hydrogen-bond acceptors (Lipinski definition) is 5. The van der Waals surface area contributed by atoms with E-state index in [-0.39, 0.29) is 6.10 Å². The van der Waals surface area contributed by atoms with Gasteiger partial charge in [0.25, 0.3) is 0 Å². The molecule has 1 aliphatic heterocycles. The molecular weight excluding hydrogens is 228 g/mol. The maximum atomic E-state index is 5.72. The summed E-state index contributed by atoms with van der Waals surface area (Å²) in [6.07, 6.45) is 5.84. The first-order valence-corrected chi connectivity index (χ1v) is 6.62. The summed E-state index contributed by atoms with van der Waals surface area (Å²) in [5, 5.41) is 3.39. The Kier molecular flexibility index (Phi) is 4.90. The molecule has 0 saturated carbocycles. The summed E-state index contributed by atoms with van der Waals surface area (Å²) in [5.74, 6) is 0.948. The van der Waals surface area contributed by atoms with Crippen LogP contribution in [0, 0.1) is 0 Å². The minimum absolute atomic E-state index is 0.244. The van der Waals surface area contributed by atoms with Crippen LogP contribution in [0.25, 0.3) is 0 Å². The van der Waals surface area contributed by atoms with Crippen molar-refractivity contribution in [1.29, 1.82) is 0 Å². The van der Waals surface area contributed by atoms with Gasteiger partial charge in [-0.05, 0) is 13.5 Å². The van der Waals surface area contributed by atoms with Gasteiger partial charge in [0.1, 0.15) is 12.1 Å². The van der Waals surface area contributed by atoms with Gasteiger partial charge < -0.3 is 15.0 Å². The zero-order valence-electron chi connectivity index (χ0n) is 11.2. The monoisotopic (exact) mass is 250 g/mol. The van der Waals surface area contributed by atoms with Crippen LogP contribution in [0.1, 0.15) is 18.9 Å². The Balaban J connectivity index is 1.89. The lowest BCUT2D eigenvalue weighted by atomic mass is 10.2. The Hall–Kier alpha value is -1.20. The first-order valence-electron chi connectivity index (χ1n) is 6.62. The van der Waals surface area contributed by atoms with Crippen LogP contribution in [0.5, 0.6) is 0 Å². The third kappa shape index (κ3) is 3.65. The van der Waals surface area contributed by atoms with Gasteiger partial charge in [-0.25, -0.2) is 9.97 Å².